The van der Waals surface area contributed by atoms with E-state index in [1.165, 1.54) is 0 Å². The largest absolute Gasteiger partial charge is 0.345 e. The standard InChI is InChI=1S/C4H5N3O5S/c8-6-13(11,12)4-1-3(2-5-4)7(9)10/h1-2,5-6,8H. The number of hydrogen-bond donors (Lipinski definition) is 3. The van der Waals surface area contributed by atoms with E-state index in [0.29, 0.717) is 0 Å². The lowest BCUT2D eigenvalue weighted by Crippen LogP contribution is -2.19. The Labute approximate surface area is 72.4 Å². The number of nitrogens with zero attached hydrogens (tertiary/aromatic N) is 1. The monoisotopic (exact) mass is 207 g/mol. The van der Waals surface area contributed by atoms with Crippen LogP contribution in [0, 0.1) is 10.1 Å². The molecule has 1 rings (SSSR count). The third kappa shape index (κ3) is 1.83. The van der Waals surface area contributed by atoms with Crippen LogP contribution >= 0.6 is 0 Å². The molecule has 0 saturated carbocycles. The first kappa shape index (κ1) is 9.64. The van der Waals surface area contributed by atoms with Gasteiger partial charge in [-0.2, -0.15) is 0 Å². The molecule has 0 aromatic carbocycles. The van der Waals surface area contributed by atoms with Gasteiger partial charge in [0.2, 0.25) is 0 Å². The second kappa shape index (κ2) is 3.12. The molecule has 0 radical (unpaired) electrons. The molecule has 0 aliphatic rings. The zero-order valence-corrected chi connectivity index (χ0v) is 6.91. The molecule has 1 aromatic rings. The minimum absolute atomic E-state index is 0.395. The molecular weight excluding hydrogens is 202 g/mol. The molecule has 0 aliphatic carbocycles. The molecule has 0 saturated heterocycles. The summed E-state index contributed by atoms with van der Waals surface area (Å²) in [5.41, 5.74) is -0.395. The zero-order chi connectivity index (χ0) is 10.1. The van der Waals surface area contributed by atoms with Crippen LogP contribution in [-0.2, 0) is 10.0 Å². The van der Waals surface area contributed by atoms with Crippen molar-refractivity contribution in [3.05, 3.63) is 22.4 Å². The zero-order valence-electron chi connectivity index (χ0n) is 6.09. The molecule has 0 atom stereocenters. The minimum Gasteiger partial charge on any atom is -0.345 e. The maximum atomic E-state index is 10.8. The van der Waals surface area contributed by atoms with Crippen molar-refractivity contribution in [1.29, 1.82) is 0 Å². The van der Waals surface area contributed by atoms with Gasteiger partial charge in [0.1, 0.15) is 0 Å². The molecule has 13 heavy (non-hydrogen) atoms. The highest BCUT2D eigenvalue weighted by atomic mass is 32.2. The van der Waals surface area contributed by atoms with E-state index in [4.69, 9.17) is 5.21 Å². The number of rotatable bonds is 3. The summed E-state index contributed by atoms with van der Waals surface area (Å²) in [6.45, 7) is 0. The van der Waals surface area contributed by atoms with E-state index in [2.05, 4.69) is 4.98 Å². The van der Waals surface area contributed by atoms with Crippen molar-refractivity contribution in [1.82, 2.24) is 9.87 Å². The Bertz CT molecular complexity index is 421. The highest BCUT2D eigenvalue weighted by Gasteiger charge is 2.18. The molecule has 72 valence electrons. The van der Waals surface area contributed by atoms with Gasteiger partial charge in [-0.15, -0.1) is 0 Å². The molecule has 8 nitrogen and oxygen atoms in total. The van der Waals surface area contributed by atoms with Gasteiger partial charge in [-0.25, -0.2) is 8.42 Å². The van der Waals surface area contributed by atoms with Crippen LogP contribution in [0.1, 0.15) is 0 Å². The highest BCUT2D eigenvalue weighted by molar-refractivity contribution is 7.89. The van der Waals surface area contributed by atoms with Crippen LogP contribution in [0.3, 0.4) is 0 Å². The lowest BCUT2D eigenvalue weighted by atomic mass is 10.6. The molecule has 0 amide bonds. The van der Waals surface area contributed by atoms with Crippen molar-refractivity contribution < 1.29 is 18.5 Å². The summed E-state index contributed by atoms with van der Waals surface area (Å²) < 4.78 is 21.6. The van der Waals surface area contributed by atoms with E-state index >= 15 is 0 Å². The van der Waals surface area contributed by atoms with Crippen molar-refractivity contribution in [2.75, 3.05) is 0 Å². The first-order valence-electron chi connectivity index (χ1n) is 2.96. The average molecular weight is 207 g/mol. The molecule has 0 aliphatic heterocycles. The topological polar surface area (TPSA) is 125 Å². The molecule has 1 heterocycles. The van der Waals surface area contributed by atoms with Crippen LogP contribution in [0.25, 0.3) is 0 Å². The van der Waals surface area contributed by atoms with Gasteiger partial charge in [0.05, 0.1) is 17.2 Å². The summed E-state index contributed by atoms with van der Waals surface area (Å²) >= 11 is 0. The van der Waals surface area contributed by atoms with Crippen molar-refractivity contribution in [2.24, 2.45) is 0 Å². The molecular formula is C4H5N3O5S. The van der Waals surface area contributed by atoms with Crippen molar-refractivity contribution in [3.63, 3.8) is 0 Å². The average Bonchev–Trinajstić information content (AvgIpc) is 2.52. The number of aromatic nitrogens is 1. The summed E-state index contributed by atoms with van der Waals surface area (Å²) in [6.07, 6.45) is 0.907. The fourth-order valence-corrected chi connectivity index (χ4v) is 1.26. The Morgan fingerprint density at radius 2 is 2.23 bits per heavy atom. The second-order valence-corrected chi connectivity index (χ2v) is 3.70. The number of aromatic amines is 1. The van der Waals surface area contributed by atoms with Crippen LogP contribution in [-0.4, -0.2) is 23.5 Å². The summed E-state index contributed by atoms with van der Waals surface area (Å²) in [6, 6.07) is 0.790. The van der Waals surface area contributed by atoms with Gasteiger partial charge < -0.3 is 10.2 Å². The Morgan fingerprint density at radius 1 is 1.62 bits per heavy atom. The quantitative estimate of drug-likeness (QED) is 0.458. The van der Waals surface area contributed by atoms with Crippen LogP contribution in [0.5, 0.6) is 0 Å². The van der Waals surface area contributed by atoms with E-state index in [0.717, 1.165) is 17.1 Å². The summed E-state index contributed by atoms with van der Waals surface area (Å²) in [4.78, 5) is 12.5. The van der Waals surface area contributed by atoms with E-state index in [1.54, 1.807) is 0 Å². The van der Waals surface area contributed by atoms with Crippen molar-refractivity contribution in [2.45, 2.75) is 5.03 Å². The fraction of sp³-hybridized carbons (Fsp3) is 0. The molecule has 0 unspecified atom stereocenters. The van der Waals surface area contributed by atoms with Gasteiger partial charge in [0.15, 0.2) is 5.03 Å². The molecule has 0 bridgehead atoms. The smallest absolute Gasteiger partial charge is 0.288 e. The lowest BCUT2D eigenvalue weighted by Gasteiger charge is -1.94. The number of sulfonamides is 1. The van der Waals surface area contributed by atoms with Crippen LogP contribution in [0.2, 0.25) is 0 Å². The van der Waals surface area contributed by atoms with E-state index in [-0.39, 0.29) is 0 Å². The van der Waals surface area contributed by atoms with E-state index < -0.39 is 25.7 Å². The van der Waals surface area contributed by atoms with Crippen LogP contribution in [0.15, 0.2) is 17.3 Å². The van der Waals surface area contributed by atoms with Gasteiger partial charge in [0, 0.05) is 0 Å². The summed E-state index contributed by atoms with van der Waals surface area (Å²) in [5.74, 6) is 0. The first-order chi connectivity index (χ1) is 5.97. The maximum absolute atomic E-state index is 10.8. The normalized spacial score (nSPS) is 11.5. The van der Waals surface area contributed by atoms with Gasteiger partial charge >= 0.3 is 0 Å². The Morgan fingerprint density at radius 3 is 2.62 bits per heavy atom. The van der Waals surface area contributed by atoms with Crippen LogP contribution < -0.4 is 4.89 Å². The number of H-pyrrole nitrogens is 1. The second-order valence-electron chi connectivity index (χ2n) is 2.07. The third-order valence-electron chi connectivity index (χ3n) is 1.26. The first-order valence-corrected chi connectivity index (χ1v) is 4.44. The number of hydrogen-bond acceptors (Lipinski definition) is 5. The Balaban J connectivity index is 3.13. The van der Waals surface area contributed by atoms with Crippen molar-refractivity contribution >= 4 is 15.7 Å². The molecule has 0 spiro atoms. The minimum atomic E-state index is -4.07. The van der Waals surface area contributed by atoms with Gasteiger partial charge in [0.25, 0.3) is 15.7 Å². The molecule has 9 heteroatoms. The predicted octanol–water partition coefficient (Wildman–Crippen LogP) is -0.410. The molecule has 1 aromatic heterocycles. The van der Waals surface area contributed by atoms with Gasteiger partial charge in [-0.3, -0.25) is 10.1 Å². The molecule has 0 fully saturated rings. The predicted molar refractivity (Wildman–Crippen MR) is 39.6 cm³/mol. The van der Waals surface area contributed by atoms with Gasteiger partial charge in [-0.1, -0.05) is 4.89 Å². The van der Waals surface area contributed by atoms with Crippen molar-refractivity contribution in [3.8, 4) is 0 Å². The van der Waals surface area contributed by atoms with Gasteiger partial charge in [-0.05, 0) is 0 Å². The Hall–Kier alpha value is -1.45. The number of nitrogens with one attached hydrogen (secondary N) is 2. The van der Waals surface area contributed by atoms with Crippen LogP contribution in [0.4, 0.5) is 5.69 Å². The third-order valence-corrected chi connectivity index (χ3v) is 2.32. The summed E-state index contributed by atoms with van der Waals surface area (Å²) in [5, 5.41) is 17.8. The SMILES string of the molecule is O=[N+]([O-])c1c[nH]c(S(=O)(=O)NO)c1. The summed E-state index contributed by atoms with van der Waals surface area (Å²) in [7, 11) is -4.07. The highest BCUT2D eigenvalue weighted by Crippen LogP contribution is 2.15. The Kier molecular flexibility index (Phi) is 2.32. The maximum Gasteiger partial charge on any atom is 0.288 e. The van der Waals surface area contributed by atoms with E-state index in [9.17, 15) is 18.5 Å². The molecule has 3 N–H and O–H groups in total. The fourth-order valence-electron chi connectivity index (χ4n) is 0.672. The van der Waals surface area contributed by atoms with E-state index in [1.807, 2.05) is 0 Å². The lowest BCUT2D eigenvalue weighted by molar-refractivity contribution is -0.384. The number of nitro groups is 1.